The monoisotopic (exact) mass is 302 g/mol. The topological polar surface area (TPSA) is 85.2 Å². The van der Waals surface area contributed by atoms with Crippen LogP contribution in [0.25, 0.3) is 0 Å². The molecule has 1 aromatic heterocycles. The molecule has 0 aromatic carbocycles. The second-order valence-corrected chi connectivity index (χ2v) is 6.62. The van der Waals surface area contributed by atoms with Crippen molar-refractivity contribution in [3.05, 3.63) is 12.4 Å². The standard InChI is InChI=1S/C12H22N4O3S/c1-13-5-2-6-16-10-12(9-14-16)20(17,18)15-11-3-7-19-8-4-11/h9-11,13,15H,2-8H2,1H3. The zero-order valence-corrected chi connectivity index (χ0v) is 12.5. The van der Waals surface area contributed by atoms with Crippen molar-refractivity contribution in [3.63, 3.8) is 0 Å². The van der Waals surface area contributed by atoms with Crippen molar-refractivity contribution in [1.82, 2.24) is 19.8 Å². The van der Waals surface area contributed by atoms with Crippen molar-refractivity contribution < 1.29 is 13.2 Å². The van der Waals surface area contributed by atoms with Crippen LogP contribution < -0.4 is 10.0 Å². The maximum Gasteiger partial charge on any atom is 0.243 e. The van der Waals surface area contributed by atoms with Gasteiger partial charge < -0.3 is 10.1 Å². The Kier molecular flexibility index (Phi) is 5.53. The quantitative estimate of drug-likeness (QED) is 0.690. The van der Waals surface area contributed by atoms with E-state index in [1.165, 1.54) is 6.20 Å². The summed E-state index contributed by atoms with van der Waals surface area (Å²) in [6.07, 6.45) is 5.33. The maximum absolute atomic E-state index is 12.2. The first-order valence-corrected chi connectivity index (χ1v) is 8.37. The zero-order chi connectivity index (χ0) is 14.4. The van der Waals surface area contributed by atoms with Crippen LogP contribution >= 0.6 is 0 Å². The van der Waals surface area contributed by atoms with E-state index >= 15 is 0 Å². The summed E-state index contributed by atoms with van der Waals surface area (Å²) in [5.74, 6) is 0. The Labute approximate surface area is 119 Å². The van der Waals surface area contributed by atoms with Gasteiger partial charge in [0.2, 0.25) is 10.0 Å². The van der Waals surface area contributed by atoms with Crippen LogP contribution in [-0.4, -0.2) is 51.0 Å². The summed E-state index contributed by atoms with van der Waals surface area (Å²) in [5.41, 5.74) is 0. The van der Waals surface area contributed by atoms with Crippen LogP contribution in [-0.2, 0) is 21.3 Å². The Morgan fingerprint density at radius 2 is 2.20 bits per heavy atom. The summed E-state index contributed by atoms with van der Waals surface area (Å²) in [6.45, 7) is 2.79. The van der Waals surface area contributed by atoms with Crippen LogP contribution in [0.3, 0.4) is 0 Å². The highest BCUT2D eigenvalue weighted by Crippen LogP contribution is 2.13. The van der Waals surface area contributed by atoms with E-state index in [9.17, 15) is 8.42 Å². The average Bonchev–Trinajstić information content (AvgIpc) is 2.89. The SMILES string of the molecule is CNCCCn1cc(S(=O)(=O)NC2CCOCC2)cn1. The molecule has 20 heavy (non-hydrogen) atoms. The van der Waals surface area contributed by atoms with Gasteiger partial charge in [-0.15, -0.1) is 0 Å². The summed E-state index contributed by atoms with van der Waals surface area (Å²) in [4.78, 5) is 0.230. The first-order valence-electron chi connectivity index (χ1n) is 6.89. The van der Waals surface area contributed by atoms with Crippen molar-refractivity contribution in [1.29, 1.82) is 0 Å². The van der Waals surface area contributed by atoms with Gasteiger partial charge in [0, 0.05) is 32.0 Å². The first-order chi connectivity index (χ1) is 9.62. The van der Waals surface area contributed by atoms with Crippen LogP contribution in [0.5, 0.6) is 0 Å². The van der Waals surface area contributed by atoms with Crippen molar-refractivity contribution >= 4 is 10.0 Å². The van der Waals surface area contributed by atoms with E-state index in [1.807, 2.05) is 7.05 Å². The molecule has 2 rings (SSSR count). The highest BCUT2D eigenvalue weighted by Gasteiger charge is 2.23. The minimum absolute atomic E-state index is 0.0404. The van der Waals surface area contributed by atoms with Gasteiger partial charge >= 0.3 is 0 Å². The number of aromatic nitrogens is 2. The van der Waals surface area contributed by atoms with Crippen molar-refractivity contribution in [3.8, 4) is 0 Å². The molecule has 0 saturated carbocycles. The molecule has 0 spiro atoms. The summed E-state index contributed by atoms with van der Waals surface area (Å²) < 4.78 is 34.1. The molecule has 1 aromatic rings. The second kappa shape index (κ2) is 7.16. The lowest BCUT2D eigenvalue weighted by Crippen LogP contribution is -2.38. The van der Waals surface area contributed by atoms with Gasteiger partial charge in [0.05, 0.1) is 6.20 Å². The second-order valence-electron chi connectivity index (χ2n) is 4.90. The molecule has 1 fully saturated rings. The molecule has 0 aliphatic carbocycles. The molecule has 1 aliphatic heterocycles. The number of aryl methyl sites for hydroxylation is 1. The summed E-state index contributed by atoms with van der Waals surface area (Å²) in [7, 11) is -1.59. The molecule has 8 heteroatoms. The van der Waals surface area contributed by atoms with Gasteiger partial charge in [-0.1, -0.05) is 0 Å². The molecule has 1 saturated heterocycles. The van der Waals surface area contributed by atoms with E-state index in [1.54, 1.807) is 10.9 Å². The minimum atomic E-state index is -3.47. The lowest BCUT2D eigenvalue weighted by atomic mass is 10.1. The zero-order valence-electron chi connectivity index (χ0n) is 11.7. The summed E-state index contributed by atoms with van der Waals surface area (Å²) in [6, 6.07) is -0.0404. The highest BCUT2D eigenvalue weighted by molar-refractivity contribution is 7.89. The lowest BCUT2D eigenvalue weighted by Gasteiger charge is -2.22. The van der Waals surface area contributed by atoms with Gasteiger partial charge in [0.15, 0.2) is 0 Å². The van der Waals surface area contributed by atoms with Crippen LogP contribution in [0.4, 0.5) is 0 Å². The van der Waals surface area contributed by atoms with E-state index in [0.29, 0.717) is 19.8 Å². The molecule has 0 radical (unpaired) electrons. The third-order valence-corrected chi connectivity index (χ3v) is 4.75. The smallest absolute Gasteiger partial charge is 0.243 e. The van der Waals surface area contributed by atoms with Crippen LogP contribution in [0.1, 0.15) is 19.3 Å². The number of hydrogen-bond donors (Lipinski definition) is 2. The van der Waals surface area contributed by atoms with E-state index in [2.05, 4.69) is 15.1 Å². The van der Waals surface area contributed by atoms with Gasteiger partial charge in [-0.25, -0.2) is 13.1 Å². The predicted octanol–water partition coefficient (Wildman–Crippen LogP) is -0.0501. The van der Waals surface area contributed by atoms with E-state index < -0.39 is 10.0 Å². The van der Waals surface area contributed by atoms with Gasteiger partial charge in [-0.05, 0) is 32.9 Å². The first kappa shape index (κ1) is 15.4. The van der Waals surface area contributed by atoms with Gasteiger partial charge in [-0.3, -0.25) is 4.68 Å². The Hall–Kier alpha value is -0.960. The van der Waals surface area contributed by atoms with E-state index in [0.717, 1.165) is 25.8 Å². The molecular weight excluding hydrogens is 280 g/mol. The molecule has 0 amide bonds. The number of rotatable bonds is 7. The largest absolute Gasteiger partial charge is 0.381 e. The lowest BCUT2D eigenvalue weighted by molar-refractivity contribution is 0.0832. The van der Waals surface area contributed by atoms with Crippen molar-refractivity contribution in [2.24, 2.45) is 0 Å². The molecule has 0 bridgehead atoms. The third-order valence-electron chi connectivity index (χ3n) is 3.28. The van der Waals surface area contributed by atoms with Crippen molar-refractivity contribution in [2.45, 2.75) is 36.7 Å². The summed E-state index contributed by atoms with van der Waals surface area (Å²) >= 11 is 0. The van der Waals surface area contributed by atoms with E-state index in [4.69, 9.17) is 4.74 Å². The number of nitrogens with one attached hydrogen (secondary N) is 2. The predicted molar refractivity (Wildman–Crippen MR) is 74.9 cm³/mol. The van der Waals surface area contributed by atoms with Crippen LogP contribution in [0, 0.1) is 0 Å². The molecule has 114 valence electrons. The Morgan fingerprint density at radius 1 is 1.45 bits per heavy atom. The van der Waals surface area contributed by atoms with Gasteiger partial charge in [0.1, 0.15) is 4.90 Å². The fourth-order valence-electron chi connectivity index (χ4n) is 2.13. The molecule has 2 N–H and O–H groups in total. The normalized spacial score (nSPS) is 17.4. The van der Waals surface area contributed by atoms with Crippen LogP contribution in [0.2, 0.25) is 0 Å². The molecule has 2 heterocycles. The minimum Gasteiger partial charge on any atom is -0.381 e. The number of hydrogen-bond acceptors (Lipinski definition) is 5. The number of sulfonamides is 1. The Bertz CT molecular complexity index is 509. The molecule has 7 nitrogen and oxygen atoms in total. The highest BCUT2D eigenvalue weighted by atomic mass is 32.2. The number of nitrogens with zero attached hydrogens (tertiary/aromatic N) is 2. The third kappa shape index (κ3) is 4.27. The molecule has 0 atom stereocenters. The fraction of sp³-hybridized carbons (Fsp3) is 0.750. The summed E-state index contributed by atoms with van der Waals surface area (Å²) in [5, 5.41) is 7.14. The molecule has 0 unspecified atom stereocenters. The van der Waals surface area contributed by atoms with Gasteiger partial charge in [-0.2, -0.15) is 5.10 Å². The van der Waals surface area contributed by atoms with Crippen molar-refractivity contribution in [2.75, 3.05) is 26.8 Å². The molecular formula is C12H22N4O3S. The number of ether oxygens (including phenoxy) is 1. The van der Waals surface area contributed by atoms with E-state index in [-0.39, 0.29) is 10.9 Å². The van der Waals surface area contributed by atoms with Gasteiger partial charge in [0.25, 0.3) is 0 Å². The Balaban J connectivity index is 1.94. The molecule has 1 aliphatic rings. The van der Waals surface area contributed by atoms with Crippen LogP contribution in [0.15, 0.2) is 17.3 Å². The maximum atomic E-state index is 12.2. The Morgan fingerprint density at radius 3 is 2.90 bits per heavy atom. The fourth-order valence-corrected chi connectivity index (χ4v) is 3.38. The average molecular weight is 302 g/mol.